The van der Waals surface area contributed by atoms with E-state index in [1.54, 1.807) is 18.0 Å². The molecule has 2 N–H and O–H groups in total. The molecule has 0 aromatic heterocycles. The molecule has 20 heavy (non-hydrogen) atoms. The SMILES string of the molecule is CNCCNC(=O)c1ccc2c(c1)CC(C)[C@H](F)N2C. The summed E-state index contributed by atoms with van der Waals surface area (Å²) in [5.74, 6) is -0.143. The topological polar surface area (TPSA) is 44.4 Å². The van der Waals surface area contributed by atoms with Crippen LogP contribution < -0.4 is 15.5 Å². The van der Waals surface area contributed by atoms with Crippen LogP contribution in [0.3, 0.4) is 0 Å². The molecule has 1 aliphatic rings. The molecule has 5 heteroatoms. The second-order valence-corrected chi connectivity index (χ2v) is 5.37. The van der Waals surface area contributed by atoms with Gasteiger partial charge in [-0.2, -0.15) is 0 Å². The number of hydrogen-bond acceptors (Lipinski definition) is 3. The van der Waals surface area contributed by atoms with Gasteiger partial charge in [-0.3, -0.25) is 4.79 Å². The Morgan fingerprint density at radius 3 is 2.90 bits per heavy atom. The van der Waals surface area contributed by atoms with Crippen LogP contribution in [0.15, 0.2) is 18.2 Å². The lowest BCUT2D eigenvalue weighted by Gasteiger charge is -2.35. The van der Waals surface area contributed by atoms with E-state index >= 15 is 0 Å². The maximum absolute atomic E-state index is 14.0. The highest BCUT2D eigenvalue weighted by molar-refractivity contribution is 5.95. The Labute approximate surface area is 119 Å². The Hall–Kier alpha value is -1.62. The number of likely N-dealkylation sites (N-methyl/N-ethyl adjacent to an activating group) is 1. The summed E-state index contributed by atoms with van der Waals surface area (Å²) in [4.78, 5) is 13.7. The second-order valence-electron chi connectivity index (χ2n) is 5.37. The molecule has 1 amide bonds. The molecule has 1 heterocycles. The quantitative estimate of drug-likeness (QED) is 0.649. The Morgan fingerprint density at radius 1 is 1.45 bits per heavy atom. The van der Waals surface area contributed by atoms with Crippen LogP contribution >= 0.6 is 0 Å². The Kier molecular flexibility index (Phi) is 4.60. The van der Waals surface area contributed by atoms with E-state index in [-0.39, 0.29) is 11.8 Å². The van der Waals surface area contributed by atoms with E-state index < -0.39 is 6.30 Å². The van der Waals surface area contributed by atoms with E-state index in [4.69, 9.17) is 0 Å². The van der Waals surface area contributed by atoms with E-state index in [0.717, 1.165) is 17.8 Å². The molecule has 0 saturated carbocycles. The van der Waals surface area contributed by atoms with Crippen LogP contribution in [0.5, 0.6) is 0 Å². The zero-order valence-corrected chi connectivity index (χ0v) is 12.2. The monoisotopic (exact) mass is 279 g/mol. The summed E-state index contributed by atoms with van der Waals surface area (Å²) in [6.07, 6.45) is -0.295. The Bertz CT molecular complexity index is 492. The zero-order valence-electron chi connectivity index (χ0n) is 12.2. The maximum Gasteiger partial charge on any atom is 0.251 e. The molecule has 4 nitrogen and oxygen atoms in total. The summed E-state index contributed by atoms with van der Waals surface area (Å²) in [6, 6.07) is 5.47. The fraction of sp³-hybridized carbons (Fsp3) is 0.533. The van der Waals surface area contributed by atoms with Crippen molar-refractivity contribution in [3.63, 3.8) is 0 Å². The van der Waals surface area contributed by atoms with Crippen molar-refractivity contribution in [1.82, 2.24) is 10.6 Å². The van der Waals surface area contributed by atoms with Gasteiger partial charge in [0, 0.05) is 37.3 Å². The third-order valence-electron chi connectivity index (χ3n) is 3.76. The predicted octanol–water partition coefficient (Wildman–Crippen LogP) is 1.56. The van der Waals surface area contributed by atoms with Crippen molar-refractivity contribution >= 4 is 11.6 Å². The average Bonchev–Trinajstić information content (AvgIpc) is 2.44. The van der Waals surface area contributed by atoms with Gasteiger partial charge in [0.05, 0.1) is 0 Å². The van der Waals surface area contributed by atoms with Gasteiger partial charge in [-0.05, 0) is 37.2 Å². The van der Waals surface area contributed by atoms with E-state index in [1.807, 2.05) is 26.1 Å². The predicted molar refractivity (Wildman–Crippen MR) is 78.9 cm³/mol. The van der Waals surface area contributed by atoms with Crippen LogP contribution in [0.25, 0.3) is 0 Å². The van der Waals surface area contributed by atoms with Gasteiger partial charge in [0.25, 0.3) is 5.91 Å². The minimum absolute atomic E-state index is 0.0601. The van der Waals surface area contributed by atoms with E-state index in [1.165, 1.54) is 0 Å². The fourth-order valence-corrected chi connectivity index (χ4v) is 2.60. The lowest BCUT2D eigenvalue weighted by molar-refractivity contribution is 0.0954. The first-order valence-corrected chi connectivity index (χ1v) is 6.97. The van der Waals surface area contributed by atoms with Crippen LogP contribution in [-0.4, -0.2) is 39.4 Å². The fourth-order valence-electron chi connectivity index (χ4n) is 2.60. The third-order valence-corrected chi connectivity index (χ3v) is 3.76. The van der Waals surface area contributed by atoms with Crippen molar-refractivity contribution in [2.45, 2.75) is 19.6 Å². The molecule has 1 unspecified atom stereocenters. The van der Waals surface area contributed by atoms with E-state index in [0.29, 0.717) is 18.5 Å². The number of carbonyl (C=O) groups excluding carboxylic acids is 1. The normalized spacial score (nSPS) is 21.5. The van der Waals surface area contributed by atoms with Crippen molar-refractivity contribution in [3.05, 3.63) is 29.3 Å². The first-order valence-electron chi connectivity index (χ1n) is 6.97. The number of carbonyl (C=O) groups is 1. The molecular weight excluding hydrogens is 257 g/mol. The van der Waals surface area contributed by atoms with Crippen LogP contribution in [0.2, 0.25) is 0 Å². The first-order chi connectivity index (χ1) is 9.54. The Morgan fingerprint density at radius 2 is 2.20 bits per heavy atom. The summed E-state index contributed by atoms with van der Waals surface area (Å²) in [5.41, 5.74) is 2.55. The molecule has 1 aromatic carbocycles. The molecular formula is C15H22FN3O. The number of fused-ring (bicyclic) bond motifs is 1. The summed E-state index contributed by atoms with van der Waals surface area (Å²) in [5, 5.41) is 5.83. The van der Waals surface area contributed by atoms with Crippen molar-refractivity contribution in [3.8, 4) is 0 Å². The summed E-state index contributed by atoms with van der Waals surface area (Å²) in [6.45, 7) is 3.22. The molecule has 2 rings (SSSR count). The average molecular weight is 279 g/mol. The number of benzene rings is 1. The number of anilines is 1. The van der Waals surface area contributed by atoms with E-state index in [9.17, 15) is 9.18 Å². The summed E-state index contributed by atoms with van der Waals surface area (Å²) in [7, 11) is 3.60. The maximum atomic E-state index is 14.0. The molecule has 1 aromatic rings. The largest absolute Gasteiger partial charge is 0.351 e. The minimum atomic E-state index is -0.960. The lowest BCUT2D eigenvalue weighted by Crippen LogP contribution is -2.39. The standard InChI is InChI=1S/C15H22FN3O/c1-10-8-12-9-11(15(20)18-7-6-17-2)4-5-13(12)19(3)14(10)16/h4-5,9-10,14,17H,6-8H2,1-3H3,(H,18,20)/t10?,14-/m1/s1. The number of nitrogens with one attached hydrogen (secondary N) is 2. The van der Waals surface area contributed by atoms with Gasteiger partial charge in [0.15, 0.2) is 6.30 Å². The van der Waals surface area contributed by atoms with Gasteiger partial charge >= 0.3 is 0 Å². The number of alkyl halides is 1. The van der Waals surface area contributed by atoms with Gasteiger partial charge in [-0.15, -0.1) is 0 Å². The molecule has 0 bridgehead atoms. The van der Waals surface area contributed by atoms with Crippen LogP contribution in [-0.2, 0) is 6.42 Å². The molecule has 0 saturated heterocycles. The first kappa shape index (κ1) is 14.8. The number of hydrogen-bond donors (Lipinski definition) is 2. The molecule has 110 valence electrons. The second kappa shape index (κ2) is 6.22. The van der Waals surface area contributed by atoms with Crippen molar-refractivity contribution < 1.29 is 9.18 Å². The smallest absolute Gasteiger partial charge is 0.251 e. The summed E-state index contributed by atoms with van der Waals surface area (Å²) < 4.78 is 14.0. The molecule has 0 spiro atoms. The van der Waals surface area contributed by atoms with Gasteiger partial charge in [0.2, 0.25) is 0 Å². The van der Waals surface area contributed by atoms with Crippen molar-refractivity contribution in [2.75, 3.05) is 32.1 Å². The molecule has 0 radical (unpaired) electrons. The van der Waals surface area contributed by atoms with Gasteiger partial charge in [-0.25, -0.2) is 4.39 Å². The molecule has 2 atom stereocenters. The third kappa shape index (κ3) is 2.93. The van der Waals surface area contributed by atoms with Crippen LogP contribution in [0, 0.1) is 5.92 Å². The van der Waals surface area contributed by atoms with E-state index in [2.05, 4.69) is 10.6 Å². The zero-order chi connectivity index (χ0) is 14.7. The number of rotatable bonds is 4. The highest BCUT2D eigenvalue weighted by atomic mass is 19.1. The highest BCUT2D eigenvalue weighted by Gasteiger charge is 2.29. The van der Waals surface area contributed by atoms with Gasteiger partial charge in [0.1, 0.15) is 0 Å². The Balaban J connectivity index is 2.15. The number of halogens is 1. The van der Waals surface area contributed by atoms with Crippen LogP contribution in [0.1, 0.15) is 22.8 Å². The van der Waals surface area contributed by atoms with Crippen molar-refractivity contribution in [2.24, 2.45) is 5.92 Å². The van der Waals surface area contributed by atoms with Crippen molar-refractivity contribution in [1.29, 1.82) is 0 Å². The van der Waals surface area contributed by atoms with Gasteiger partial charge < -0.3 is 15.5 Å². The molecule has 1 aliphatic heterocycles. The lowest BCUT2D eigenvalue weighted by atomic mass is 9.92. The number of nitrogens with zero attached hydrogens (tertiary/aromatic N) is 1. The molecule has 0 aliphatic carbocycles. The summed E-state index contributed by atoms with van der Waals surface area (Å²) >= 11 is 0. The van der Waals surface area contributed by atoms with Gasteiger partial charge in [-0.1, -0.05) is 6.92 Å². The van der Waals surface area contributed by atoms with Crippen LogP contribution in [0.4, 0.5) is 10.1 Å². The molecule has 0 fully saturated rings. The minimum Gasteiger partial charge on any atom is -0.351 e. The number of amides is 1. The highest BCUT2D eigenvalue weighted by Crippen LogP contribution is 2.33.